The van der Waals surface area contributed by atoms with Crippen LogP contribution in [0.5, 0.6) is 0 Å². The molecule has 98 valence electrons. The van der Waals surface area contributed by atoms with E-state index < -0.39 is 22.8 Å². The molecule has 0 spiro atoms. The molecule has 1 fully saturated rings. The molecule has 1 aromatic rings. The number of aromatic amines is 1. The monoisotopic (exact) mass is 253 g/mol. The van der Waals surface area contributed by atoms with E-state index in [-0.39, 0.29) is 0 Å². The first kappa shape index (κ1) is 12.6. The lowest BCUT2D eigenvalue weighted by atomic mass is 10.1. The van der Waals surface area contributed by atoms with Crippen LogP contribution in [0.3, 0.4) is 0 Å². The molecule has 1 aromatic heterocycles. The summed E-state index contributed by atoms with van der Waals surface area (Å²) in [6.07, 6.45) is 2.09. The van der Waals surface area contributed by atoms with Gasteiger partial charge in [0.2, 0.25) is 0 Å². The quantitative estimate of drug-likeness (QED) is 0.734. The third-order valence-electron chi connectivity index (χ3n) is 3.19. The Kier molecular flexibility index (Phi) is 3.33. The Hall–Kier alpha value is -1.89. The number of carboxylic acid groups (broad SMARTS) is 1. The number of nitrogens with one attached hydrogen (secondary N) is 1. The number of hydrogen-bond acceptors (Lipinski definition) is 4. The summed E-state index contributed by atoms with van der Waals surface area (Å²) in [6, 6.07) is 0. The molecule has 7 heteroatoms. The van der Waals surface area contributed by atoms with Gasteiger partial charge < -0.3 is 10.0 Å². The van der Waals surface area contributed by atoms with E-state index >= 15 is 0 Å². The number of carbonyl (C=O) groups is 1. The van der Waals surface area contributed by atoms with Crippen molar-refractivity contribution < 1.29 is 9.90 Å². The Morgan fingerprint density at radius 3 is 2.83 bits per heavy atom. The second-order valence-corrected chi connectivity index (χ2v) is 4.68. The Bertz CT molecular complexity index is 574. The van der Waals surface area contributed by atoms with Crippen LogP contribution in [0.15, 0.2) is 15.8 Å². The highest BCUT2D eigenvalue weighted by Gasteiger charge is 2.21. The first-order valence-electron chi connectivity index (χ1n) is 5.73. The highest BCUT2D eigenvalue weighted by atomic mass is 16.4. The number of likely N-dealkylation sites (tertiary alicyclic amines) is 1. The molecule has 0 aliphatic carbocycles. The summed E-state index contributed by atoms with van der Waals surface area (Å²) in [7, 11) is 2.00. The summed E-state index contributed by atoms with van der Waals surface area (Å²) in [5.74, 6) is -1.02. The molecule has 18 heavy (non-hydrogen) atoms. The molecule has 1 unspecified atom stereocenters. The number of aromatic nitrogens is 2. The predicted molar refractivity (Wildman–Crippen MR) is 63.9 cm³/mol. The van der Waals surface area contributed by atoms with E-state index in [0.29, 0.717) is 12.5 Å². The average Bonchev–Trinajstić information content (AvgIpc) is 2.67. The topological polar surface area (TPSA) is 95.4 Å². The van der Waals surface area contributed by atoms with Crippen LogP contribution in [0.4, 0.5) is 0 Å². The Balaban J connectivity index is 2.28. The van der Waals surface area contributed by atoms with Gasteiger partial charge in [0, 0.05) is 19.3 Å². The zero-order valence-electron chi connectivity index (χ0n) is 10.0. The molecule has 1 aliphatic rings. The van der Waals surface area contributed by atoms with Crippen molar-refractivity contribution in [2.45, 2.75) is 13.0 Å². The number of carboxylic acids is 1. The molecule has 2 N–H and O–H groups in total. The summed E-state index contributed by atoms with van der Waals surface area (Å²) >= 11 is 0. The van der Waals surface area contributed by atoms with Gasteiger partial charge in [-0.1, -0.05) is 0 Å². The Labute approximate surface area is 103 Å². The number of nitrogens with zero attached hydrogens (tertiary/aromatic N) is 2. The maximum Gasteiger partial charge on any atom is 0.342 e. The smallest absolute Gasteiger partial charge is 0.342 e. The van der Waals surface area contributed by atoms with Crippen LogP contribution in [-0.2, 0) is 6.54 Å². The van der Waals surface area contributed by atoms with Crippen LogP contribution in [0.25, 0.3) is 0 Å². The number of rotatable bonds is 3. The SMILES string of the molecule is CN1CCC(Cn2cc(C(=O)O)c(=O)[nH]c2=O)C1. The number of hydrogen-bond donors (Lipinski definition) is 2. The van der Waals surface area contributed by atoms with Gasteiger partial charge in [0.05, 0.1) is 0 Å². The minimum absolute atomic E-state index is 0.306. The molecule has 1 saturated heterocycles. The second-order valence-electron chi connectivity index (χ2n) is 4.68. The third kappa shape index (κ3) is 2.51. The fourth-order valence-corrected chi connectivity index (χ4v) is 2.25. The lowest BCUT2D eigenvalue weighted by molar-refractivity contribution is 0.0693. The van der Waals surface area contributed by atoms with Crippen molar-refractivity contribution in [1.29, 1.82) is 0 Å². The summed E-state index contributed by atoms with van der Waals surface area (Å²) in [4.78, 5) is 37.9. The van der Waals surface area contributed by atoms with Gasteiger partial charge in [-0.3, -0.25) is 14.3 Å². The average molecular weight is 253 g/mol. The van der Waals surface area contributed by atoms with Crippen molar-refractivity contribution in [2.75, 3.05) is 20.1 Å². The van der Waals surface area contributed by atoms with Gasteiger partial charge in [-0.05, 0) is 25.9 Å². The molecule has 0 amide bonds. The molecule has 0 radical (unpaired) electrons. The van der Waals surface area contributed by atoms with E-state index in [0.717, 1.165) is 25.7 Å². The molecule has 0 aromatic carbocycles. The number of aromatic carboxylic acids is 1. The minimum Gasteiger partial charge on any atom is -0.477 e. The van der Waals surface area contributed by atoms with Gasteiger partial charge in [0.25, 0.3) is 5.56 Å². The van der Waals surface area contributed by atoms with Crippen molar-refractivity contribution in [3.63, 3.8) is 0 Å². The summed E-state index contributed by atoms with van der Waals surface area (Å²) < 4.78 is 1.27. The molecular formula is C11H15N3O4. The predicted octanol–water partition coefficient (Wildman–Crippen LogP) is -0.813. The first-order chi connectivity index (χ1) is 8.47. The van der Waals surface area contributed by atoms with Gasteiger partial charge in [-0.2, -0.15) is 0 Å². The molecule has 7 nitrogen and oxygen atoms in total. The van der Waals surface area contributed by atoms with E-state index in [2.05, 4.69) is 4.90 Å². The maximum atomic E-state index is 11.6. The van der Waals surface area contributed by atoms with E-state index in [9.17, 15) is 14.4 Å². The molecule has 0 bridgehead atoms. The van der Waals surface area contributed by atoms with Crippen LogP contribution >= 0.6 is 0 Å². The van der Waals surface area contributed by atoms with Gasteiger partial charge >= 0.3 is 11.7 Å². The van der Waals surface area contributed by atoms with Gasteiger partial charge in [0.15, 0.2) is 0 Å². The minimum atomic E-state index is -1.33. The molecule has 0 saturated carbocycles. The maximum absolute atomic E-state index is 11.6. The van der Waals surface area contributed by atoms with Crippen molar-refractivity contribution in [2.24, 2.45) is 5.92 Å². The second kappa shape index (κ2) is 4.77. The summed E-state index contributed by atoms with van der Waals surface area (Å²) in [6.45, 7) is 2.27. The molecule has 1 aliphatic heterocycles. The number of H-pyrrole nitrogens is 1. The van der Waals surface area contributed by atoms with Gasteiger partial charge in [0.1, 0.15) is 5.56 Å². The van der Waals surface area contributed by atoms with E-state index in [1.807, 2.05) is 12.0 Å². The van der Waals surface area contributed by atoms with Crippen LogP contribution in [0.1, 0.15) is 16.8 Å². The van der Waals surface area contributed by atoms with Crippen molar-refractivity contribution >= 4 is 5.97 Å². The molecule has 2 rings (SSSR count). The van der Waals surface area contributed by atoms with Crippen LogP contribution in [0.2, 0.25) is 0 Å². The zero-order chi connectivity index (χ0) is 13.3. The highest BCUT2D eigenvalue weighted by Crippen LogP contribution is 2.15. The van der Waals surface area contributed by atoms with E-state index in [4.69, 9.17) is 5.11 Å². The Morgan fingerprint density at radius 1 is 1.56 bits per heavy atom. The van der Waals surface area contributed by atoms with Gasteiger partial charge in [-0.25, -0.2) is 9.59 Å². The lowest BCUT2D eigenvalue weighted by Crippen LogP contribution is -2.35. The standard InChI is InChI=1S/C11H15N3O4/c1-13-3-2-7(4-13)5-14-6-8(10(16)17)9(15)12-11(14)18/h6-7H,2-5H2,1H3,(H,16,17)(H,12,15,18). The molecule has 1 atom stereocenters. The third-order valence-corrected chi connectivity index (χ3v) is 3.19. The lowest BCUT2D eigenvalue weighted by Gasteiger charge is -2.12. The van der Waals surface area contributed by atoms with E-state index in [1.165, 1.54) is 4.57 Å². The van der Waals surface area contributed by atoms with Crippen molar-refractivity contribution in [3.8, 4) is 0 Å². The molecular weight excluding hydrogens is 238 g/mol. The van der Waals surface area contributed by atoms with Crippen molar-refractivity contribution in [1.82, 2.24) is 14.5 Å². The summed E-state index contributed by atoms with van der Waals surface area (Å²) in [5.41, 5.74) is -1.81. The molecule has 2 heterocycles. The highest BCUT2D eigenvalue weighted by molar-refractivity contribution is 5.86. The fraction of sp³-hybridized carbons (Fsp3) is 0.545. The van der Waals surface area contributed by atoms with Gasteiger partial charge in [-0.15, -0.1) is 0 Å². The first-order valence-corrected chi connectivity index (χ1v) is 5.73. The normalized spacial score (nSPS) is 20.2. The van der Waals surface area contributed by atoms with E-state index in [1.54, 1.807) is 0 Å². The zero-order valence-corrected chi connectivity index (χ0v) is 10.0. The van der Waals surface area contributed by atoms with Crippen LogP contribution in [0, 0.1) is 5.92 Å². The largest absolute Gasteiger partial charge is 0.477 e. The fourth-order valence-electron chi connectivity index (χ4n) is 2.25. The summed E-state index contributed by atoms with van der Waals surface area (Å²) in [5, 5.41) is 8.84. The van der Waals surface area contributed by atoms with Crippen LogP contribution in [-0.4, -0.2) is 45.7 Å². The Morgan fingerprint density at radius 2 is 2.28 bits per heavy atom. The van der Waals surface area contributed by atoms with Crippen LogP contribution < -0.4 is 11.2 Å². The van der Waals surface area contributed by atoms with Crippen molar-refractivity contribution in [3.05, 3.63) is 32.6 Å².